The number of hydrogen-bond donors (Lipinski definition) is 0. The molecule has 0 saturated heterocycles. The molecule has 204 valence electrons. The average molecular weight is 558 g/mol. The van der Waals surface area contributed by atoms with E-state index in [0.717, 1.165) is 30.3 Å². The fraction of sp³-hybridized carbons (Fsp3) is 0.222. The third kappa shape index (κ3) is 5.75. The summed E-state index contributed by atoms with van der Waals surface area (Å²) < 4.78 is 62.1. The monoisotopic (exact) mass is 557 g/mol. The molecule has 0 atom stereocenters. The van der Waals surface area contributed by atoms with Gasteiger partial charge >= 0.3 is 6.09 Å². The zero-order valence-electron chi connectivity index (χ0n) is 21.5. The molecule has 4 aromatic rings. The van der Waals surface area contributed by atoms with Gasteiger partial charge in [-0.05, 0) is 62.7 Å². The van der Waals surface area contributed by atoms with Crippen LogP contribution in [0, 0.1) is 21.7 Å². The molecule has 1 heterocycles. The highest BCUT2D eigenvalue weighted by atomic mass is 32.2. The van der Waals surface area contributed by atoms with Gasteiger partial charge in [-0.25, -0.2) is 22.0 Å². The van der Waals surface area contributed by atoms with Crippen molar-refractivity contribution in [2.45, 2.75) is 42.7 Å². The number of rotatable bonds is 6. The normalized spacial score (nSPS) is 11.9. The molecule has 39 heavy (non-hydrogen) atoms. The van der Waals surface area contributed by atoms with Crippen LogP contribution in [0.4, 0.5) is 25.0 Å². The molecule has 1 aromatic heterocycles. The summed E-state index contributed by atoms with van der Waals surface area (Å²) in [6.45, 7) is 5.01. The maximum Gasteiger partial charge on any atom is 0.414 e. The lowest BCUT2D eigenvalue weighted by atomic mass is 10.2. The van der Waals surface area contributed by atoms with E-state index < -0.39 is 48.7 Å². The quantitative estimate of drug-likeness (QED) is 0.210. The molecule has 3 aromatic carbocycles. The summed E-state index contributed by atoms with van der Waals surface area (Å²) in [6.07, 6.45) is 0.608. The molecule has 0 bridgehead atoms. The number of fused-ring (bicyclic) bond motifs is 1. The maximum absolute atomic E-state index is 13.9. The first-order chi connectivity index (χ1) is 18.2. The number of aromatic nitrogens is 1. The van der Waals surface area contributed by atoms with E-state index in [-0.39, 0.29) is 22.4 Å². The van der Waals surface area contributed by atoms with Gasteiger partial charge in [0.2, 0.25) is 9.84 Å². The van der Waals surface area contributed by atoms with Crippen molar-refractivity contribution in [2.75, 3.05) is 11.9 Å². The largest absolute Gasteiger partial charge is 0.443 e. The van der Waals surface area contributed by atoms with Crippen LogP contribution in [-0.4, -0.2) is 36.7 Å². The van der Waals surface area contributed by atoms with Crippen LogP contribution in [0.3, 0.4) is 0 Å². The molecule has 0 fully saturated rings. The minimum absolute atomic E-state index is 0.128. The van der Waals surface area contributed by atoms with Crippen LogP contribution in [0.15, 0.2) is 76.7 Å². The number of nitro benzene ring substituents is 1. The van der Waals surface area contributed by atoms with E-state index in [0.29, 0.717) is 11.2 Å². The second kappa shape index (κ2) is 10.1. The van der Waals surface area contributed by atoms with Gasteiger partial charge in [0.15, 0.2) is 0 Å². The van der Waals surface area contributed by atoms with E-state index in [9.17, 15) is 32.1 Å². The zero-order chi connectivity index (χ0) is 28.7. The Kier molecular flexibility index (Phi) is 7.17. The molecule has 9 nitrogen and oxygen atoms in total. The number of para-hydroxylation sites is 1. The van der Waals surface area contributed by atoms with E-state index in [1.807, 2.05) is 0 Å². The smallest absolute Gasteiger partial charge is 0.414 e. The molecule has 4 rings (SSSR count). The number of carbonyl (C=O) groups is 1. The highest BCUT2D eigenvalue weighted by molar-refractivity contribution is 7.91. The lowest BCUT2D eigenvalue weighted by Crippen LogP contribution is -2.34. The van der Waals surface area contributed by atoms with Crippen molar-refractivity contribution in [3.63, 3.8) is 0 Å². The Morgan fingerprint density at radius 1 is 1.03 bits per heavy atom. The van der Waals surface area contributed by atoms with Crippen LogP contribution in [0.25, 0.3) is 10.9 Å². The Bertz CT molecular complexity index is 1690. The fourth-order valence-corrected chi connectivity index (χ4v) is 5.73. The predicted molar refractivity (Wildman–Crippen MR) is 141 cm³/mol. The van der Waals surface area contributed by atoms with Gasteiger partial charge in [0.05, 0.1) is 15.3 Å². The van der Waals surface area contributed by atoms with E-state index in [2.05, 4.69) is 0 Å². The maximum atomic E-state index is 13.9. The number of carbonyl (C=O) groups excluding carboxylic acids is 1. The molecular weight excluding hydrogens is 532 g/mol. The fourth-order valence-electron chi connectivity index (χ4n) is 4.09. The van der Waals surface area contributed by atoms with Gasteiger partial charge in [0.25, 0.3) is 5.69 Å². The van der Waals surface area contributed by atoms with Gasteiger partial charge in [-0.3, -0.25) is 15.0 Å². The van der Waals surface area contributed by atoms with Crippen LogP contribution in [0.5, 0.6) is 0 Å². The Balaban J connectivity index is 1.91. The van der Waals surface area contributed by atoms with Gasteiger partial charge in [0, 0.05) is 43.0 Å². The Labute approximate surface area is 223 Å². The van der Waals surface area contributed by atoms with E-state index in [1.165, 1.54) is 53.0 Å². The number of amides is 1. The van der Waals surface area contributed by atoms with Crippen molar-refractivity contribution in [3.05, 3.63) is 94.2 Å². The summed E-state index contributed by atoms with van der Waals surface area (Å²) in [5.74, 6) is -1.61. The molecule has 0 aliphatic heterocycles. The summed E-state index contributed by atoms with van der Waals surface area (Å²) in [5, 5.41) is 11.8. The number of anilines is 1. The number of benzene rings is 3. The molecule has 12 heteroatoms. The highest BCUT2D eigenvalue weighted by Gasteiger charge is 2.31. The lowest BCUT2D eigenvalue weighted by molar-refractivity contribution is -0.387. The van der Waals surface area contributed by atoms with Crippen LogP contribution in [0.1, 0.15) is 26.3 Å². The molecule has 0 unspecified atom stereocenters. The van der Waals surface area contributed by atoms with E-state index in [1.54, 1.807) is 20.8 Å². The van der Waals surface area contributed by atoms with Crippen molar-refractivity contribution >= 4 is 38.2 Å². The van der Waals surface area contributed by atoms with Gasteiger partial charge in [0.1, 0.15) is 22.1 Å². The minimum Gasteiger partial charge on any atom is -0.443 e. The summed E-state index contributed by atoms with van der Waals surface area (Å²) in [5.41, 5.74) is -0.472. The third-order valence-corrected chi connectivity index (χ3v) is 7.63. The summed E-state index contributed by atoms with van der Waals surface area (Å²) >= 11 is 0. The molecule has 0 spiro atoms. The second-order valence-electron chi connectivity index (χ2n) is 9.87. The predicted octanol–water partition coefficient (Wildman–Crippen LogP) is 6.08. The van der Waals surface area contributed by atoms with Crippen molar-refractivity contribution in [1.82, 2.24) is 4.57 Å². The zero-order valence-corrected chi connectivity index (χ0v) is 22.3. The summed E-state index contributed by atoms with van der Waals surface area (Å²) in [6, 6.07) is 12.4. The molecular formula is C27H25F2N3O6S. The van der Waals surface area contributed by atoms with Crippen LogP contribution >= 0.6 is 0 Å². The van der Waals surface area contributed by atoms with Crippen molar-refractivity contribution in [2.24, 2.45) is 0 Å². The Morgan fingerprint density at radius 3 is 2.28 bits per heavy atom. The van der Waals surface area contributed by atoms with Gasteiger partial charge in [-0.1, -0.05) is 12.1 Å². The van der Waals surface area contributed by atoms with E-state index >= 15 is 0 Å². The second-order valence-corrected chi connectivity index (χ2v) is 11.8. The number of ether oxygens (including phenoxy) is 1. The van der Waals surface area contributed by atoms with Crippen molar-refractivity contribution in [1.29, 1.82) is 0 Å². The van der Waals surface area contributed by atoms with Crippen LogP contribution in [-0.2, 0) is 21.1 Å². The molecule has 0 aliphatic rings. The number of hydrogen-bond acceptors (Lipinski definition) is 6. The third-order valence-electron chi connectivity index (χ3n) is 5.80. The summed E-state index contributed by atoms with van der Waals surface area (Å²) in [4.78, 5) is 23.9. The first-order valence-corrected chi connectivity index (χ1v) is 13.2. The number of halogens is 2. The Hall–Kier alpha value is -4.32. The Morgan fingerprint density at radius 2 is 1.67 bits per heavy atom. The highest BCUT2D eigenvalue weighted by Crippen LogP contribution is 2.36. The number of sulfone groups is 1. The van der Waals surface area contributed by atoms with Crippen LogP contribution in [0.2, 0.25) is 0 Å². The average Bonchev–Trinajstić information content (AvgIpc) is 3.20. The molecule has 1 amide bonds. The lowest BCUT2D eigenvalue weighted by Gasteiger charge is -2.24. The molecule has 0 aliphatic carbocycles. The molecule has 0 saturated carbocycles. The molecule has 0 radical (unpaired) electrons. The topological polar surface area (TPSA) is 112 Å². The van der Waals surface area contributed by atoms with Crippen molar-refractivity contribution in [3.8, 4) is 0 Å². The SMILES string of the molecule is CN(C(=O)OC(C)(C)C)c1ccc2c(S(=O)(=O)c3ccccc3[N+](=O)[O-])cn(Cc3cc(F)cc(F)c3)c2c1. The number of nitro groups is 1. The van der Waals surface area contributed by atoms with Crippen LogP contribution < -0.4 is 4.90 Å². The standard InChI is InChI=1S/C27H25F2N3O6S/c1-27(2,3)38-26(33)30(4)20-9-10-21-23(14-20)31(15-17-11-18(28)13-19(29)12-17)16-25(21)39(36,37)24-8-6-5-7-22(24)32(34)35/h5-14,16H,15H2,1-4H3. The van der Waals surface area contributed by atoms with Gasteiger partial charge < -0.3 is 9.30 Å². The minimum atomic E-state index is -4.42. The number of nitrogens with zero attached hydrogens (tertiary/aromatic N) is 3. The van der Waals surface area contributed by atoms with Crippen molar-refractivity contribution < 1.29 is 31.7 Å². The summed E-state index contributed by atoms with van der Waals surface area (Å²) in [7, 11) is -2.94. The van der Waals surface area contributed by atoms with Gasteiger partial charge in [-0.2, -0.15) is 0 Å². The first-order valence-electron chi connectivity index (χ1n) is 11.7. The molecule has 0 N–H and O–H groups in total. The van der Waals surface area contributed by atoms with E-state index in [4.69, 9.17) is 4.74 Å². The van der Waals surface area contributed by atoms with Gasteiger partial charge in [-0.15, -0.1) is 0 Å². The first kappa shape index (κ1) is 27.7.